The number of hydrogen-bond acceptors (Lipinski definition) is 11. The van der Waals surface area contributed by atoms with Crippen LogP contribution in [0.5, 0.6) is 11.6 Å². The van der Waals surface area contributed by atoms with Crippen LogP contribution in [0.15, 0.2) is 48.8 Å². The Kier molecular flexibility index (Phi) is 10.8. The number of esters is 1. The van der Waals surface area contributed by atoms with Crippen molar-refractivity contribution in [1.29, 1.82) is 0 Å². The number of carbonyl (C=O) groups is 1. The van der Waals surface area contributed by atoms with Gasteiger partial charge in [0.1, 0.15) is 11.8 Å². The van der Waals surface area contributed by atoms with Gasteiger partial charge < -0.3 is 29.4 Å². The topological polar surface area (TPSA) is 173 Å². The second kappa shape index (κ2) is 14.3. The van der Waals surface area contributed by atoms with Crippen LogP contribution in [0.2, 0.25) is 0 Å². The molecule has 0 saturated heterocycles. The SMILES string of the molecule is CCC(C)(C)COC(=O)[C@H](C)NP(=O)(OCC(CO)CCn1cnc2c(OC)nc(N)nc21)Oc1cccc2ccccc12. The van der Waals surface area contributed by atoms with Crippen LogP contribution in [-0.2, 0) is 25.2 Å². The van der Waals surface area contributed by atoms with Gasteiger partial charge in [0.15, 0.2) is 11.2 Å². The molecule has 2 aromatic heterocycles. The standard InChI is InChI=1S/C30H41N6O7P/c1-6-30(3,4)18-41-28(38)20(2)35-44(39,43-24-13-9-11-22-10-7-8-12-23(22)24)42-17-21(16-37)14-15-36-19-32-25-26(36)33-29(31)34-27(25)40-5/h7-13,19-21,37H,6,14-18H2,1-5H3,(H,35,39)(H2,31,33,34)/t20-,21?,44?/m0/s1. The van der Waals surface area contributed by atoms with Crippen molar-refractivity contribution in [2.75, 3.05) is 32.7 Å². The molecule has 0 aliphatic carbocycles. The molecule has 0 spiro atoms. The summed E-state index contributed by atoms with van der Waals surface area (Å²) in [7, 11) is -2.70. The molecule has 0 bridgehead atoms. The maximum Gasteiger partial charge on any atom is 0.459 e. The lowest BCUT2D eigenvalue weighted by Gasteiger charge is -2.26. The number of aryl methyl sites for hydroxylation is 1. The Morgan fingerprint density at radius 3 is 2.66 bits per heavy atom. The largest absolute Gasteiger partial charge is 0.479 e. The smallest absolute Gasteiger partial charge is 0.459 e. The zero-order chi connectivity index (χ0) is 31.9. The van der Waals surface area contributed by atoms with Crippen molar-refractivity contribution >= 4 is 41.6 Å². The molecule has 0 amide bonds. The number of benzene rings is 2. The molecule has 4 rings (SSSR count). The van der Waals surface area contributed by atoms with Gasteiger partial charge in [0.2, 0.25) is 11.8 Å². The molecule has 0 aliphatic heterocycles. The van der Waals surface area contributed by atoms with Crippen LogP contribution in [0.3, 0.4) is 0 Å². The zero-order valence-corrected chi connectivity index (χ0v) is 26.6. The van der Waals surface area contributed by atoms with Crippen LogP contribution in [0, 0.1) is 11.3 Å². The number of imidazole rings is 1. The van der Waals surface area contributed by atoms with E-state index in [1.807, 2.05) is 51.1 Å². The Bertz CT molecular complexity index is 1620. The fraction of sp³-hybridized carbons (Fsp3) is 0.467. The zero-order valence-electron chi connectivity index (χ0n) is 25.7. The van der Waals surface area contributed by atoms with E-state index in [-0.39, 0.29) is 37.1 Å². The van der Waals surface area contributed by atoms with Gasteiger partial charge in [-0.25, -0.2) is 9.55 Å². The maximum absolute atomic E-state index is 14.2. The van der Waals surface area contributed by atoms with Crippen LogP contribution in [-0.4, -0.2) is 63.6 Å². The van der Waals surface area contributed by atoms with Gasteiger partial charge in [-0.15, -0.1) is 0 Å². The van der Waals surface area contributed by atoms with Gasteiger partial charge in [-0.05, 0) is 36.6 Å². The van der Waals surface area contributed by atoms with E-state index in [1.54, 1.807) is 30.0 Å². The second-order valence-electron chi connectivity index (χ2n) is 11.4. The predicted molar refractivity (Wildman–Crippen MR) is 167 cm³/mol. The molecule has 0 aliphatic rings. The Labute approximate surface area is 256 Å². The van der Waals surface area contributed by atoms with E-state index in [2.05, 4.69) is 20.0 Å². The molecule has 3 atom stereocenters. The minimum absolute atomic E-state index is 0.0432. The number of nitrogens with two attached hydrogens (primary N) is 1. The molecular formula is C30H41N6O7P. The molecule has 238 valence electrons. The number of hydrogen-bond donors (Lipinski definition) is 3. The molecule has 2 aromatic carbocycles. The Balaban J connectivity index is 1.50. The Morgan fingerprint density at radius 2 is 1.93 bits per heavy atom. The molecule has 2 heterocycles. The molecule has 4 aromatic rings. The van der Waals surface area contributed by atoms with E-state index in [4.69, 9.17) is 24.3 Å². The summed E-state index contributed by atoms with van der Waals surface area (Å²) in [6.07, 6.45) is 2.81. The van der Waals surface area contributed by atoms with Gasteiger partial charge >= 0.3 is 13.7 Å². The highest BCUT2D eigenvalue weighted by molar-refractivity contribution is 7.52. The van der Waals surface area contributed by atoms with E-state index in [0.29, 0.717) is 29.9 Å². The first-order chi connectivity index (χ1) is 21.0. The highest BCUT2D eigenvalue weighted by Gasteiger charge is 2.34. The second-order valence-corrected chi connectivity index (χ2v) is 13.1. The predicted octanol–water partition coefficient (Wildman–Crippen LogP) is 4.73. The average Bonchev–Trinajstić information content (AvgIpc) is 3.42. The summed E-state index contributed by atoms with van der Waals surface area (Å²) in [5, 5.41) is 14.5. The number of fused-ring (bicyclic) bond motifs is 2. The van der Waals surface area contributed by atoms with Crippen LogP contribution >= 0.6 is 7.75 Å². The minimum atomic E-state index is -4.17. The first kappa shape index (κ1) is 33.1. The van der Waals surface area contributed by atoms with Crippen molar-refractivity contribution in [2.45, 2.75) is 53.1 Å². The summed E-state index contributed by atoms with van der Waals surface area (Å²) in [5.41, 5.74) is 6.56. The third kappa shape index (κ3) is 8.23. The number of methoxy groups -OCH3 is 1. The number of aliphatic hydroxyl groups excluding tert-OH is 1. The Morgan fingerprint density at radius 1 is 1.18 bits per heavy atom. The van der Waals surface area contributed by atoms with Crippen molar-refractivity contribution in [1.82, 2.24) is 24.6 Å². The van der Waals surface area contributed by atoms with Crippen molar-refractivity contribution in [3.63, 3.8) is 0 Å². The summed E-state index contributed by atoms with van der Waals surface area (Å²) in [6.45, 7) is 7.76. The molecule has 4 N–H and O–H groups in total. The van der Waals surface area contributed by atoms with Crippen molar-refractivity contribution < 1.29 is 33.0 Å². The first-order valence-electron chi connectivity index (χ1n) is 14.5. The first-order valence-corrected chi connectivity index (χ1v) is 16.0. The lowest BCUT2D eigenvalue weighted by Crippen LogP contribution is -2.37. The fourth-order valence-electron chi connectivity index (χ4n) is 4.27. The molecule has 0 radical (unpaired) electrons. The van der Waals surface area contributed by atoms with Gasteiger partial charge in [-0.1, -0.05) is 57.2 Å². The number of anilines is 1. The molecule has 0 saturated carbocycles. The minimum Gasteiger partial charge on any atom is -0.479 e. The van der Waals surface area contributed by atoms with Gasteiger partial charge in [0.25, 0.3) is 0 Å². The van der Waals surface area contributed by atoms with E-state index < -0.39 is 25.7 Å². The number of ether oxygens (including phenoxy) is 2. The average molecular weight is 629 g/mol. The molecule has 14 heteroatoms. The van der Waals surface area contributed by atoms with Gasteiger partial charge in [0, 0.05) is 24.5 Å². The monoisotopic (exact) mass is 628 g/mol. The number of nitrogens with zero attached hydrogens (tertiary/aromatic N) is 4. The molecule has 2 unspecified atom stereocenters. The third-order valence-electron chi connectivity index (χ3n) is 7.39. The highest BCUT2D eigenvalue weighted by atomic mass is 31.2. The fourth-order valence-corrected chi connectivity index (χ4v) is 5.86. The number of aromatic nitrogens is 4. The van der Waals surface area contributed by atoms with E-state index >= 15 is 0 Å². The van der Waals surface area contributed by atoms with E-state index in [1.165, 1.54) is 7.11 Å². The summed E-state index contributed by atoms with van der Waals surface area (Å²) in [5.74, 6) is -0.409. The van der Waals surface area contributed by atoms with Crippen molar-refractivity contribution in [3.8, 4) is 11.6 Å². The summed E-state index contributed by atoms with van der Waals surface area (Å²) >= 11 is 0. The quantitative estimate of drug-likeness (QED) is 0.115. The number of aliphatic hydroxyl groups is 1. The van der Waals surface area contributed by atoms with Crippen LogP contribution in [0.1, 0.15) is 40.5 Å². The van der Waals surface area contributed by atoms with Crippen LogP contribution in [0.25, 0.3) is 21.9 Å². The van der Waals surface area contributed by atoms with Gasteiger partial charge in [-0.3, -0.25) is 9.32 Å². The van der Waals surface area contributed by atoms with Crippen molar-refractivity contribution in [3.05, 3.63) is 48.8 Å². The summed E-state index contributed by atoms with van der Waals surface area (Å²) < 4.78 is 38.7. The van der Waals surface area contributed by atoms with Crippen LogP contribution in [0.4, 0.5) is 5.95 Å². The number of nitrogen functional groups attached to an aromatic ring is 1. The number of carbonyl (C=O) groups excluding carboxylic acids is 1. The normalized spacial score (nSPS) is 14.7. The highest BCUT2D eigenvalue weighted by Crippen LogP contribution is 2.47. The molecule has 13 nitrogen and oxygen atoms in total. The summed E-state index contributed by atoms with van der Waals surface area (Å²) in [4.78, 5) is 25.5. The lowest BCUT2D eigenvalue weighted by molar-refractivity contribution is -0.148. The third-order valence-corrected chi connectivity index (χ3v) is 9.02. The van der Waals surface area contributed by atoms with Gasteiger partial charge in [-0.2, -0.15) is 15.1 Å². The summed E-state index contributed by atoms with van der Waals surface area (Å²) in [6, 6.07) is 11.9. The number of nitrogens with one attached hydrogen (secondary N) is 1. The lowest BCUT2D eigenvalue weighted by atomic mass is 9.92. The number of rotatable bonds is 16. The van der Waals surface area contributed by atoms with Gasteiger partial charge in [0.05, 0.1) is 26.7 Å². The molecule has 44 heavy (non-hydrogen) atoms. The van der Waals surface area contributed by atoms with E-state index in [0.717, 1.165) is 17.2 Å². The maximum atomic E-state index is 14.2. The molecular weight excluding hydrogens is 587 g/mol. The van der Waals surface area contributed by atoms with Crippen molar-refractivity contribution in [2.24, 2.45) is 11.3 Å². The van der Waals surface area contributed by atoms with E-state index in [9.17, 15) is 14.5 Å². The molecule has 0 fully saturated rings. The van der Waals surface area contributed by atoms with Crippen LogP contribution < -0.4 is 20.1 Å². The Hall–Kier alpha value is -3.77.